The first-order valence-corrected chi connectivity index (χ1v) is 20.9. The van der Waals surface area contributed by atoms with E-state index in [0.29, 0.717) is 0 Å². The highest BCUT2D eigenvalue weighted by Crippen LogP contribution is 2.51. The molecule has 0 bridgehead atoms. The molecule has 1 atom stereocenters. The molecule has 0 saturated heterocycles. The fourth-order valence-electron chi connectivity index (χ4n) is 9.58. The standard InChI is InChI=1S/C54H33NO3S/c1-2-14-32(15-3-1)34-16-4-8-23-43(34)55(44-24-13-21-39-37-18-7-11-27-49(37)59-54(39)44)33-28-29-36-42-31-48-50(40-19-6-10-26-46(40)56-48)51(53(42)58-47(36)30-33)41-22-12-20-38-35-17-5-9-25-45(35)57-52(38)41/h1-14,16-32H,15H2. The number of rotatable bonds is 5. The Kier molecular flexibility index (Phi) is 6.97. The van der Waals surface area contributed by atoms with Crippen LogP contribution in [-0.4, -0.2) is 0 Å². The van der Waals surface area contributed by atoms with Crippen LogP contribution in [0.3, 0.4) is 0 Å². The molecule has 8 aromatic carbocycles. The highest BCUT2D eigenvalue weighted by molar-refractivity contribution is 7.26. The zero-order valence-electron chi connectivity index (χ0n) is 31.7. The molecule has 4 nitrogen and oxygen atoms in total. The molecule has 5 heteroatoms. The van der Waals surface area contributed by atoms with Crippen LogP contribution in [0.5, 0.6) is 0 Å². The third kappa shape index (κ3) is 4.83. The number of hydrogen-bond acceptors (Lipinski definition) is 5. The van der Waals surface area contributed by atoms with Crippen LogP contribution in [0.1, 0.15) is 17.9 Å². The van der Waals surface area contributed by atoms with Gasteiger partial charge in [-0.2, -0.15) is 0 Å². The normalized spacial score (nSPS) is 14.4. The van der Waals surface area contributed by atoms with Crippen LogP contribution in [0.4, 0.5) is 17.1 Å². The molecule has 1 aliphatic carbocycles. The minimum Gasteiger partial charge on any atom is -0.456 e. The van der Waals surface area contributed by atoms with E-state index in [-0.39, 0.29) is 5.92 Å². The topological polar surface area (TPSA) is 42.7 Å². The summed E-state index contributed by atoms with van der Waals surface area (Å²) in [6.45, 7) is 0. The quantitative estimate of drug-likeness (QED) is 0.175. The molecule has 0 amide bonds. The second kappa shape index (κ2) is 12.6. The highest BCUT2D eigenvalue weighted by Gasteiger charge is 2.27. The number of thiophene rings is 1. The monoisotopic (exact) mass is 775 g/mol. The Morgan fingerprint density at radius 2 is 1.20 bits per heavy atom. The SMILES string of the molecule is C1=CCC(c2ccccc2N(c2ccc3c(c2)oc2c(-c4cccc5c4oc4ccccc45)c4c(cc23)oc2ccccc24)c2cccc3c2sc2ccccc23)C=C1. The fourth-order valence-corrected chi connectivity index (χ4v) is 10.8. The lowest BCUT2D eigenvalue weighted by Gasteiger charge is -2.30. The molecule has 0 spiro atoms. The predicted molar refractivity (Wildman–Crippen MR) is 247 cm³/mol. The van der Waals surface area contributed by atoms with Crippen molar-refractivity contribution in [2.45, 2.75) is 12.3 Å². The van der Waals surface area contributed by atoms with Gasteiger partial charge in [-0.25, -0.2) is 0 Å². The van der Waals surface area contributed by atoms with E-state index < -0.39 is 0 Å². The van der Waals surface area contributed by atoms with Gasteiger partial charge in [0, 0.05) is 82.3 Å². The Bertz CT molecular complexity index is 3740. The summed E-state index contributed by atoms with van der Waals surface area (Å²) in [6, 6.07) is 56.1. The van der Waals surface area contributed by atoms with Crippen molar-refractivity contribution in [3.63, 3.8) is 0 Å². The minimum atomic E-state index is 0.254. The van der Waals surface area contributed by atoms with Crippen molar-refractivity contribution in [3.8, 4) is 11.1 Å². The zero-order chi connectivity index (χ0) is 38.6. The van der Waals surface area contributed by atoms with Gasteiger partial charge in [-0.15, -0.1) is 11.3 Å². The molecule has 0 radical (unpaired) electrons. The Hall–Kier alpha value is -7.34. The maximum absolute atomic E-state index is 7.20. The summed E-state index contributed by atoms with van der Waals surface area (Å²) < 4.78 is 23.0. The van der Waals surface area contributed by atoms with Gasteiger partial charge in [-0.05, 0) is 60.5 Å². The van der Waals surface area contributed by atoms with Crippen LogP contribution in [0.25, 0.3) is 97.1 Å². The van der Waals surface area contributed by atoms with Crippen molar-refractivity contribution in [3.05, 3.63) is 188 Å². The minimum absolute atomic E-state index is 0.254. The van der Waals surface area contributed by atoms with Gasteiger partial charge in [0.05, 0.1) is 10.4 Å². The first-order chi connectivity index (χ1) is 29.3. The smallest absolute Gasteiger partial charge is 0.144 e. The maximum Gasteiger partial charge on any atom is 0.144 e. The molecule has 13 rings (SSSR count). The van der Waals surface area contributed by atoms with Gasteiger partial charge in [-0.3, -0.25) is 0 Å². The van der Waals surface area contributed by atoms with Crippen molar-refractivity contribution in [2.24, 2.45) is 0 Å². The van der Waals surface area contributed by atoms with Crippen molar-refractivity contribution in [1.82, 2.24) is 0 Å². The number of allylic oxidation sites excluding steroid dienone is 4. The Balaban J connectivity index is 1.10. The summed E-state index contributed by atoms with van der Waals surface area (Å²) in [4.78, 5) is 2.45. The van der Waals surface area contributed by atoms with Crippen LogP contribution in [0.2, 0.25) is 0 Å². The number of anilines is 3. The van der Waals surface area contributed by atoms with Gasteiger partial charge in [0.15, 0.2) is 0 Å². The molecule has 1 aliphatic rings. The maximum atomic E-state index is 7.20. The van der Waals surface area contributed by atoms with Gasteiger partial charge in [0.2, 0.25) is 0 Å². The van der Waals surface area contributed by atoms with Crippen molar-refractivity contribution < 1.29 is 13.3 Å². The summed E-state index contributed by atoms with van der Waals surface area (Å²) in [7, 11) is 0. The van der Waals surface area contributed by atoms with Crippen LogP contribution in [-0.2, 0) is 0 Å². The van der Waals surface area contributed by atoms with Crippen molar-refractivity contribution in [2.75, 3.05) is 4.90 Å². The highest BCUT2D eigenvalue weighted by atomic mass is 32.1. The lowest BCUT2D eigenvalue weighted by Crippen LogP contribution is -2.13. The van der Waals surface area contributed by atoms with Gasteiger partial charge in [0.1, 0.15) is 33.5 Å². The van der Waals surface area contributed by atoms with Gasteiger partial charge in [-0.1, -0.05) is 127 Å². The van der Waals surface area contributed by atoms with Crippen LogP contribution in [0.15, 0.2) is 195 Å². The summed E-state index contributed by atoms with van der Waals surface area (Å²) >= 11 is 1.85. The second-order valence-electron chi connectivity index (χ2n) is 15.5. The number of benzene rings is 8. The third-order valence-corrected chi connectivity index (χ3v) is 13.4. The predicted octanol–water partition coefficient (Wildman–Crippen LogP) is 16.5. The van der Waals surface area contributed by atoms with Gasteiger partial charge in [0.25, 0.3) is 0 Å². The van der Waals surface area contributed by atoms with E-state index in [9.17, 15) is 0 Å². The number of para-hydroxylation sites is 4. The van der Waals surface area contributed by atoms with E-state index in [2.05, 4.69) is 163 Å². The number of furan rings is 3. The van der Waals surface area contributed by atoms with Crippen LogP contribution in [0, 0.1) is 0 Å². The van der Waals surface area contributed by atoms with E-state index in [4.69, 9.17) is 13.3 Å². The summed E-state index contributed by atoms with van der Waals surface area (Å²) in [5.41, 5.74) is 11.5. The molecule has 278 valence electrons. The Morgan fingerprint density at radius 3 is 2.10 bits per heavy atom. The number of nitrogens with zero attached hydrogens (tertiary/aromatic N) is 1. The molecule has 4 heterocycles. The largest absolute Gasteiger partial charge is 0.456 e. The molecule has 0 N–H and O–H groups in total. The molecule has 1 unspecified atom stereocenters. The molecule has 0 fully saturated rings. The summed E-state index contributed by atoms with van der Waals surface area (Å²) in [6.07, 6.45) is 9.86. The second-order valence-corrected chi connectivity index (χ2v) is 16.5. The first kappa shape index (κ1) is 32.7. The van der Waals surface area contributed by atoms with Crippen LogP contribution >= 0.6 is 11.3 Å². The molecule has 0 aliphatic heterocycles. The third-order valence-electron chi connectivity index (χ3n) is 12.2. The average molecular weight is 776 g/mol. The lowest BCUT2D eigenvalue weighted by molar-refractivity contribution is 0.662. The summed E-state index contributed by atoms with van der Waals surface area (Å²) in [5, 5.41) is 8.78. The molecule has 0 saturated carbocycles. The number of fused-ring (bicyclic) bond motifs is 12. The summed E-state index contributed by atoms with van der Waals surface area (Å²) in [5.74, 6) is 0.254. The van der Waals surface area contributed by atoms with E-state index in [0.717, 1.165) is 100 Å². The van der Waals surface area contributed by atoms with Crippen LogP contribution < -0.4 is 4.90 Å². The van der Waals surface area contributed by atoms with Crippen molar-refractivity contribution in [1.29, 1.82) is 0 Å². The van der Waals surface area contributed by atoms with Crippen molar-refractivity contribution >= 4 is 114 Å². The van der Waals surface area contributed by atoms with E-state index >= 15 is 0 Å². The molecule has 59 heavy (non-hydrogen) atoms. The van der Waals surface area contributed by atoms with Gasteiger partial charge < -0.3 is 18.2 Å². The molecular weight excluding hydrogens is 743 g/mol. The molecule has 4 aromatic heterocycles. The van der Waals surface area contributed by atoms with E-state index in [1.54, 1.807) is 0 Å². The number of hydrogen-bond donors (Lipinski definition) is 0. The molecular formula is C54H33NO3S. The zero-order valence-corrected chi connectivity index (χ0v) is 32.5. The lowest BCUT2D eigenvalue weighted by atomic mass is 9.90. The van der Waals surface area contributed by atoms with E-state index in [1.807, 2.05) is 35.6 Å². The Labute approximate surface area is 342 Å². The van der Waals surface area contributed by atoms with Gasteiger partial charge >= 0.3 is 0 Å². The fraction of sp³-hybridized carbons (Fsp3) is 0.0370. The average Bonchev–Trinajstić information content (AvgIpc) is 4.06. The molecule has 12 aromatic rings. The Morgan fingerprint density at radius 1 is 0.492 bits per heavy atom. The first-order valence-electron chi connectivity index (χ1n) is 20.1. The van der Waals surface area contributed by atoms with E-state index in [1.165, 1.54) is 25.7 Å².